The number of halogens is 1. The summed E-state index contributed by atoms with van der Waals surface area (Å²) in [7, 11) is 1.89. The summed E-state index contributed by atoms with van der Waals surface area (Å²) in [4.78, 5) is 11.8. The van der Waals surface area contributed by atoms with Crippen molar-refractivity contribution in [1.29, 1.82) is 0 Å². The summed E-state index contributed by atoms with van der Waals surface area (Å²) in [5, 5.41) is 8.51. The van der Waals surface area contributed by atoms with Gasteiger partial charge in [0.05, 0.1) is 0 Å². The van der Waals surface area contributed by atoms with Gasteiger partial charge in [-0.25, -0.2) is 0 Å². The van der Waals surface area contributed by atoms with Gasteiger partial charge in [0, 0.05) is 19.0 Å². The Balaban J connectivity index is 0.00000220. The van der Waals surface area contributed by atoms with Gasteiger partial charge in [-0.1, -0.05) is 42.5 Å². The number of rotatable bonds is 6. The zero-order valence-electron chi connectivity index (χ0n) is 12.6. The third-order valence-corrected chi connectivity index (χ3v) is 3.55. The first kappa shape index (κ1) is 17.5. The molecular formula is C17H23ClN2O. The molecule has 0 saturated heterocycles. The highest BCUT2D eigenvalue weighted by Crippen LogP contribution is 2.16. The van der Waals surface area contributed by atoms with Gasteiger partial charge < -0.3 is 10.6 Å². The Labute approximate surface area is 132 Å². The molecular weight excluding hydrogens is 284 g/mol. The number of carbonyl (C=O) groups is 1. The van der Waals surface area contributed by atoms with E-state index in [9.17, 15) is 4.79 Å². The minimum Gasteiger partial charge on any atom is -0.355 e. The molecule has 0 heterocycles. The molecule has 0 bridgehead atoms. The highest BCUT2D eigenvalue weighted by molar-refractivity contribution is 5.85. The predicted molar refractivity (Wildman–Crippen MR) is 91.0 cm³/mol. The van der Waals surface area contributed by atoms with Crippen LogP contribution >= 0.6 is 12.4 Å². The van der Waals surface area contributed by atoms with Crippen molar-refractivity contribution >= 4 is 29.1 Å². The van der Waals surface area contributed by atoms with Crippen molar-refractivity contribution in [1.82, 2.24) is 10.6 Å². The van der Waals surface area contributed by atoms with E-state index in [0.29, 0.717) is 19.0 Å². The molecule has 1 unspecified atom stereocenters. The van der Waals surface area contributed by atoms with E-state index in [0.717, 1.165) is 6.42 Å². The molecule has 1 atom stereocenters. The second kappa shape index (κ2) is 8.65. The van der Waals surface area contributed by atoms with E-state index >= 15 is 0 Å². The van der Waals surface area contributed by atoms with Crippen molar-refractivity contribution < 1.29 is 4.79 Å². The van der Waals surface area contributed by atoms with Gasteiger partial charge in [-0.15, -0.1) is 12.4 Å². The van der Waals surface area contributed by atoms with Crippen LogP contribution in [-0.4, -0.2) is 25.5 Å². The van der Waals surface area contributed by atoms with E-state index in [1.54, 1.807) is 0 Å². The minimum absolute atomic E-state index is 0. The largest absolute Gasteiger partial charge is 0.355 e. The lowest BCUT2D eigenvalue weighted by molar-refractivity contribution is -0.121. The second-order valence-electron chi connectivity index (χ2n) is 5.18. The number of hydrogen-bond acceptors (Lipinski definition) is 2. The summed E-state index contributed by atoms with van der Waals surface area (Å²) in [5.74, 6) is 0.111. The second-order valence-corrected chi connectivity index (χ2v) is 5.18. The van der Waals surface area contributed by atoms with Crippen molar-refractivity contribution in [2.24, 2.45) is 0 Å². The Bertz CT molecular complexity index is 586. The number of nitrogens with one attached hydrogen (secondary N) is 2. The first-order valence-corrected chi connectivity index (χ1v) is 7.10. The molecule has 1 amide bonds. The van der Waals surface area contributed by atoms with E-state index < -0.39 is 0 Å². The topological polar surface area (TPSA) is 41.1 Å². The van der Waals surface area contributed by atoms with Crippen LogP contribution in [0.1, 0.15) is 18.9 Å². The monoisotopic (exact) mass is 306 g/mol. The third kappa shape index (κ3) is 5.37. The van der Waals surface area contributed by atoms with Crippen molar-refractivity contribution in [3.05, 3.63) is 48.0 Å². The smallest absolute Gasteiger partial charge is 0.220 e. The van der Waals surface area contributed by atoms with Crippen LogP contribution in [0, 0.1) is 0 Å². The van der Waals surface area contributed by atoms with Crippen LogP contribution in [0.4, 0.5) is 0 Å². The molecule has 2 rings (SSSR count). The fourth-order valence-electron chi connectivity index (χ4n) is 2.11. The van der Waals surface area contributed by atoms with Crippen LogP contribution in [0.15, 0.2) is 42.5 Å². The van der Waals surface area contributed by atoms with Crippen LogP contribution in [-0.2, 0) is 11.2 Å². The zero-order chi connectivity index (χ0) is 14.4. The highest BCUT2D eigenvalue weighted by atomic mass is 35.5. The number of carbonyl (C=O) groups excluding carboxylic acids is 1. The zero-order valence-corrected chi connectivity index (χ0v) is 13.4. The van der Waals surface area contributed by atoms with Crippen LogP contribution in [0.5, 0.6) is 0 Å². The maximum absolute atomic E-state index is 11.8. The molecule has 3 nitrogen and oxygen atoms in total. The summed E-state index contributed by atoms with van der Waals surface area (Å²) in [6.45, 7) is 2.72. The maximum Gasteiger partial charge on any atom is 0.220 e. The maximum atomic E-state index is 11.8. The molecule has 0 aliphatic heterocycles. The van der Waals surface area contributed by atoms with Gasteiger partial charge in [0.1, 0.15) is 0 Å². The van der Waals surface area contributed by atoms with Crippen molar-refractivity contribution in [2.75, 3.05) is 13.6 Å². The molecule has 21 heavy (non-hydrogen) atoms. The normalized spacial score (nSPS) is 11.7. The number of amides is 1. The molecule has 0 spiro atoms. The molecule has 0 fully saturated rings. The molecule has 2 aromatic carbocycles. The predicted octanol–water partition coefficient (Wildman–Crippen LogP) is 2.92. The van der Waals surface area contributed by atoms with E-state index in [1.807, 2.05) is 26.1 Å². The summed E-state index contributed by atoms with van der Waals surface area (Å²) in [6.07, 6.45) is 1.32. The lowest BCUT2D eigenvalue weighted by Crippen LogP contribution is -2.37. The summed E-state index contributed by atoms with van der Waals surface area (Å²) >= 11 is 0. The Morgan fingerprint density at radius 2 is 1.86 bits per heavy atom. The Kier molecular flexibility index (Phi) is 7.20. The van der Waals surface area contributed by atoms with Gasteiger partial charge >= 0.3 is 0 Å². The molecule has 0 aliphatic rings. The average molecular weight is 307 g/mol. The summed E-state index contributed by atoms with van der Waals surface area (Å²) < 4.78 is 0. The molecule has 0 aromatic heterocycles. The molecule has 2 aromatic rings. The molecule has 114 valence electrons. The molecule has 0 saturated carbocycles. The quantitative estimate of drug-likeness (QED) is 0.861. The van der Waals surface area contributed by atoms with Gasteiger partial charge in [0.15, 0.2) is 0 Å². The molecule has 0 aliphatic carbocycles. The van der Waals surface area contributed by atoms with Crippen molar-refractivity contribution in [3.63, 3.8) is 0 Å². The Hall–Kier alpha value is -1.58. The van der Waals surface area contributed by atoms with Gasteiger partial charge in [0.25, 0.3) is 0 Å². The number of aryl methyl sites for hydroxylation is 1. The van der Waals surface area contributed by atoms with Crippen LogP contribution in [0.25, 0.3) is 10.8 Å². The lowest BCUT2D eigenvalue weighted by atomic mass is 10.0. The SMILES string of the molecule is CNC(C)CNC(=O)CCc1ccc2ccccc2c1.Cl. The molecule has 4 heteroatoms. The fraction of sp³-hybridized carbons (Fsp3) is 0.353. The summed E-state index contributed by atoms with van der Waals surface area (Å²) in [6, 6.07) is 15.0. The first-order valence-electron chi connectivity index (χ1n) is 7.10. The summed E-state index contributed by atoms with van der Waals surface area (Å²) in [5.41, 5.74) is 1.21. The number of likely N-dealkylation sites (N-methyl/N-ethyl adjacent to an activating group) is 1. The Morgan fingerprint density at radius 3 is 2.57 bits per heavy atom. The van der Waals surface area contributed by atoms with Crippen LogP contribution in [0.2, 0.25) is 0 Å². The highest BCUT2D eigenvalue weighted by Gasteiger charge is 2.04. The van der Waals surface area contributed by atoms with Crippen LogP contribution in [0.3, 0.4) is 0 Å². The van der Waals surface area contributed by atoms with Crippen LogP contribution < -0.4 is 10.6 Å². The molecule has 2 N–H and O–H groups in total. The van der Waals surface area contributed by atoms with Crippen molar-refractivity contribution in [2.45, 2.75) is 25.8 Å². The first-order chi connectivity index (χ1) is 9.69. The van der Waals surface area contributed by atoms with E-state index in [2.05, 4.69) is 41.0 Å². The van der Waals surface area contributed by atoms with Gasteiger partial charge in [-0.2, -0.15) is 0 Å². The fourth-order valence-corrected chi connectivity index (χ4v) is 2.11. The number of hydrogen-bond donors (Lipinski definition) is 2. The van der Waals surface area contributed by atoms with E-state index in [4.69, 9.17) is 0 Å². The molecule has 0 radical (unpaired) electrons. The standard InChI is InChI=1S/C17H22N2O.ClH/c1-13(18-2)12-19-17(20)10-8-14-7-9-15-5-3-4-6-16(15)11-14;/h3-7,9,11,13,18H,8,10,12H2,1-2H3,(H,19,20);1H. The van der Waals surface area contributed by atoms with Gasteiger partial charge in [-0.3, -0.25) is 4.79 Å². The van der Waals surface area contributed by atoms with Gasteiger partial charge in [-0.05, 0) is 36.7 Å². The number of benzene rings is 2. The van der Waals surface area contributed by atoms with E-state index in [1.165, 1.54) is 16.3 Å². The van der Waals surface area contributed by atoms with Crippen molar-refractivity contribution in [3.8, 4) is 0 Å². The van der Waals surface area contributed by atoms with E-state index in [-0.39, 0.29) is 18.3 Å². The minimum atomic E-state index is 0. The number of fused-ring (bicyclic) bond motifs is 1. The third-order valence-electron chi connectivity index (χ3n) is 3.55. The Morgan fingerprint density at radius 1 is 1.14 bits per heavy atom. The van der Waals surface area contributed by atoms with Gasteiger partial charge in [0.2, 0.25) is 5.91 Å². The lowest BCUT2D eigenvalue weighted by Gasteiger charge is -2.11. The average Bonchev–Trinajstić information content (AvgIpc) is 2.50.